The van der Waals surface area contributed by atoms with Crippen molar-refractivity contribution in [1.82, 2.24) is 5.32 Å². The average molecular weight is 308 g/mol. The molecule has 1 aromatic carbocycles. The SMILES string of the molecule is CCOC(=O)N(c1cccc(F)c1)C1CCCCCC1NC. The number of halogens is 1. The number of anilines is 1. The molecule has 1 aromatic rings. The highest BCUT2D eigenvalue weighted by Crippen LogP contribution is 2.28. The number of carbonyl (C=O) groups is 1. The summed E-state index contributed by atoms with van der Waals surface area (Å²) in [6.07, 6.45) is 4.86. The fourth-order valence-electron chi connectivity index (χ4n) is 3.19. The molecule has 0 aromatic heterocycles. The second kappa shape index (κ2) is 8.13. The molecule has 0 aliphatic heterocycles. The highest BCUT2D eigenvalue weighted by molar-refractivity contribution is 5.88. The van der Waals surface area contributed by atoms with Crippen LogP contribution in [0.3, 0.4) is 0 Å². The van der Waals surface area contributed by atoms with E-state index in [-0.39, 0.29) is 17.9 Å². The highest BCUT2D eigenvalue weighted by atomic mass is 19.1. The van der Waals surface area contributed by atoms with Crippen LogP contribution in [0.15, 0.2) is 24.3 Å². The Kier molecular flexibility index (Phi) is 6.19. The van der Waals surface area contributed by atoms with Gasteiger partial charge in [0.25, 0.3) is 0 Å². The molecule has 1 saturated carbocycles. The number of hydrogen-bond acceptors (Lipinski definition) is 3. The van der Waals surface area contributed by atoms with Gasteiger partial charge in [0.2, 0.25) is 0 Å². The lowest BCUT2D eigenvalue weighted by Crippen LogP contribution is -2.51. The van der Waals surface area contributed by atoms with Crippen molar-refractivity contribution in [2.24, 2.45) is 0 Å². The Morgan fingerprint density at radius 1 is 1.36 bits per heavy atom. The maximum absolute atomic E-state index is 13.6. The van der Waals surface area contributed by atoms with E-state index >= 15 is 0 Å². The van der Waals surface area contributed by atoms with Gasteiger partial charge in [-0.3, -0.25) is 4.90 Å². The largest absolute Gasteiger partial charge is 0.449 e. The van der Waals surface area contributed by atoms with Crippen molar-refractivity contribution < 1.29 is 13.9 Å². The van der Waals surface area contributed by atoms with Crippen molar-refractivity contribution in [3.63, 3.8) is 0 Å². The zero-order chi connectivity index (χ0) is 15.9. The van der Waals surface area contributed by atoms with Crippen LogP contribution < -0.4 is 10.2 Å². The van der Waals surface area contributed by atoms with Crippen molar-refractivity contribution in [3.8, 4) is 0 Å². The predicted octanol–water partition coefficient (Wildman–Crippen LogP) is 3.71. The summed E-state index contributed by atoms with van der Waals surface area (Å²) >= 11 is 0. The van der Waals surface area contributed by atoms with Crippen LogP contribution in [0, 0.1) is 5.82 Å². The van der Waals surface area contributed by atoms with Crippen molar-refractivity contribution in [1.29, 1.82) is 0 Å². The lowest BCUT2D eigenvalue weighted by molar-refractivity contribution is 0.155. The van der Waals surface area contributed by atoms with Crippen LogP contribution >= 0.6 is 0 Å². The molecule has 1 aliphatic rings. The Balaban J connectivity index is 2.35. The molecule has 2 rings (SSSR count). The maximum atomic E-state index is 13.6. The zero-order valence-corrected chi connectivity index (χ0v) is 13.3. The Morgan fingerprint density at radius 2 is 2.14 bits per heavy atom. The Bertz CT molecular complexity index is 495. The zero-order valence-electron chi connectivity index (χ0n) is 13.3. The molecular weight excluding hydrogens is 283 g/mol. The van der Waals surface area contributed by atoms with Crippen molar-refractivity contribution >= 4 is 11.8 Å². The molecule has 1 fully saturated rings. The van der Waals surface area contributed by atoms with E-state index in [1.807, 2.05) is 7.05 Å². The van der Waals surface area contributed by atoms with E-state index in [1.165, 1.54) is 12.1 Å². The number of rotatable bonds is 4. The van der Waals surface area contributed by atoms with E-state index in [9.17, 15) is 9.18 Å². The first kappa shape index (κ1) is 16.7. The third-order valence-electron chi connectivity index (χ3n) is 4.23. The van der Waals surface area contributed by atoms with Crippen molar-refractivity contribution in [2.75, 3.05) is 18.6 Å². The van der Waals surface area contributed by atoms with Crippen LogP contribution in [0.1, 0.15) is 39.0 Å². The molecule has 122 valence electrons. The van der Waals surface area contributed by atoms with Gasteiger partial charge in [-0.1, -0.05) is 25.3 Å². The first-order valence-corrected chi connectivity index (χ1v) is 8.06. The lowest BCUT2D eigenvalue weighted by atomic mass is 10.0. The van der Waals surface area contributed by atoms with E-state index in [2.05, 4.69) is 5.32 Å². The van der Waals surface area contributed by atoms with Crippen LogP contribution in [0.2, 0.25) is 0 Å². The Hall–Kier alpha value is -1.62. The molecular formula is C17H25FN2O2. The van der Waals surface area contributed by atoms with E-state index in [0.29, 0.717) is 12.3 Å². The van der Waals surface area contributed by atoms with Crippen LogP contribution in [0.5, 0.6) is 0 Å². The smallest absolute Gasteiger partial charge is 0.414 e. The van der Waals surface area contributed by atoms with Gasteiger partial charge < -0.3 is 10.1 Å². The summed E-state index contributed by atoms with van der Waals surface area (Å²) < 4.78 is 18.8. The predicted molar refractivity (Wildman–Crippen MR) is 85.6 cm³/mol. The van der Waals surface area contributed by atoms with Gasteiger partial charge in [-0.2, -0.15) is 0 Å². The van der Waals surface area contributed by atoms with E-state index in [4.69, 9.17) is 4.74 Å². The fraction of sp³-hybridized carbons (Fsp3) is 0.588. The minimum absolute atomic E-state index is 0.0200. The van der Waals surface area contributed by atoms with Gasteiger partial charge in [-0.25, -0.2) is 9.18 Å². The van der Waals surface area contributed by atoms with E-state index in [0.717, 1.165) is 32.1 Å². The third kappa shape index (κ3) is 3.97. The average Bonchev–Trinajstić information content (AvgIpc) is 2.73. The number of hydrogen-bond donors (Lipinski definition) is 1. The second-order valence-corrected chi connectivity index (χ2v) is 5.65. The van der Waals surface area contributed by atoms with Crippen LogP contribution in [-0.4, -0.2) is 31.8 Å². The monoisotopic (exact) mass is 308 g/mol. The quantitative estimate of drug-likeness (QED) is 0.862. The molecule has 1 amide bonds. The Morgan fingerprint density at radius 3 is 2.82 bits per heavy atom. The standard InChI is InChI=1S/C17H25FN2O2/c1-3-22-17(21)20(14-9-7-8-13(18)12-14)16-11-6-4-5-10-15(16)19-2/h7-9,12,15-16,19H,3-6,10-11H2,1-2H3. The lowest BCUT2D eigenvalue weighted by Gasteiger charge is -2.35. The summed E-state index contributed by atoms with van der Waals surface area (Å²) in [6, 6.07) is 6.34. The summed E-state index contributed by atoms with van der Waals surface area (Å²) in [5.41, 5.74) is 0.561. The molecule has 4 nitrogen and oxygen atoms in total. The van der Waals surface area contributed by atoms with Crippen molar-refractivity contribution in [3.05, 3.63) is 30.1 Å². The van der Waals surface area contributed by atoms with Gasteiger partial charge in [-0.05, 0) is 45.0 Å². The minimum atomic E-state index is -0.403. The molecule has 1 aliphatic carbocycles. The molecule has 0 bridgehead atoms. The number of amides is 1. The van der Waals surface area contributed by atoms with E-state index in [1.54, 1.807) is 24.0 Å². The fourth-order valence-corrected chi connectivity index (χ4v) is 3.19. The highest BCUT2D eigenvalue weighted by Gasteiger charge is 2.33. The molecule has 22 heavy (non-hydrogen) atoms. The first-order chi connectivity index (χ1) is 10.7. The summed E-state index contributed by atoms with van der Waals surface area (Å²) in [6.45, 7) is 2.09. The van der Waals surface area contributed by atoms with Gasteiger partial charge in [0.05, 0.1) is 18.3 Å². The number of nitrogens with zero attached hydrogens (tertiary/aromatic N) is 1. The summed E-state index contributed by atoms with van der Waals surface area (Å²) in [7, 11) is 1.91. The molecule has 5 heteroatoms. The van der Waals surface area contributed by atoms with Crippen molar-refractivity contribution in [2.45, 2.75) is 51.1 Å². The summed E-state index contributed by atoms with van der Waals surface area (Å²) in [5, 5.41) is 3.31. The molecule has 0 radical (unpaired) electrons. The number of nitrogens with one attached hydrogen (secondary N) is 1. The normalized spacial score (nSPS) is 22.0. The molecule has 0 saturated heterocycles. The maximum Gasteiger partial charge on any atom is 0.414 e. The van der Waals surface area contributed by atoms with Crippen LogP contribution in [0.4, 0.5) is 14.9 Å². The Labute approximate surface area is 131 Å². The van der Waals surface area contributed by atoms with E-state index < -0.39 is 6.09 Å². The molecule has 1 N–H and O–H groups in total. The molecule has 0 heterocycles. The number of likely N-dealkylation sites (N-methyl/N-ethyl adjacent to an activating group) is 1. The van der Waals surface area contributed by atoms with Gasteiger partial charge >= 0.3 is 6.09 Å². The van der Waals surface area contributed by atoms with Crippen LogP contribution in [0.25, 0.3) is 0 Å². The summed E-state index contributed by atoms with van der Waals surface area (Å²) in [4.78, 5) is 14.1. The summed E-state index contributed by atoms with van der Waals surface area (Å²) in [5.74, 6) is -0.346. The van der Waals surface area contributed by atoms with Gasteiger partial charge in [-0.15, -0.1) is 0 Å². The molecule has 0 spiro atoms. The van der Waals surface area contributed by atoms with Crippen LogP contribution in [-0.2, 0) is 4.74 Å². The topological polar surface area (TPSA) is 41.6 Å². The first-order valence-electron chi connectivity index (χ1n) is 8.06. The molecule has 2 unspecified atom stereocenters. The third-order valence-corrected chi connectivity index (χ3v) is 4.23. The molecule has 2 atom stereocenters. The van der Waals surface area contributed by atoms with Gasteiger partial charge in [0.1, 0.15) is 5.82 Å². The van der Waals surface area contributed by atoms with Gasteiger partial charge in [0, 0.05) is 6.04 Å². The number of benzene rings is 1. The minimum Gasteiger partial charge on any atom is -0.449 e. The number of ether oxygens (including phenoxy) is 1. The second-order valence-electron chi connectivity index (χ2n) is 5.65. The number of carbonyl (C=O) groups excluding carboxylic acids is 1. The van der Waals surface area contributed by atoms with Gasteiger partial charge in [0.15, 0.2) is 0 Å².